The summed E-state index contributed by atoms with van der Waals surface area (Å²) in [5, 5.41) is 3.11. The molecule has 1 atom stereocenters. The van der Waals surface area contributed by atoms with E-state index in [1.807, 2.05) is 13.8 Å². The molecule has 0 spiro atoms. The number of hydrogen-bond acceptors (Lipinski definition) is 7. The van der Waals surface area contributed by atoms with Gasteiger partial charge in [-0.25, -0.2) is 4.79 Å². The van der Waals surface area contributed by atoms with Gasteiger partial charge in [-0.05, 0) is 35.7 Å². The number of ether oxygens (including phenoxy) is 5. The van der Waals surface area contributed by atoms with E-state index in [9.17, 15) is 9.59 Å². The second kappa shape index (κ2) is 9.78. The first-order valence-electron chi connectivity index (χ1n) is 9.61. The zero-order chi connectivity index (χ0) is 22.5. The zero-order valence-corrected chi connectivity index (χ0v) is 18.4. The number of methoxy groups -OCH3 is 2. The number of halogens is 1. The highest BCUT2D eigenvalue weighted by atomic mass is 35.5. The first-order chi connectivity index (χ1) is 14.8. The van der Waals surface area contributed by atoms with Gasteiger partial charge in [0.05, 0.1) is 19.2 Å². The van der Waals surface area contributed by atoms with Crippen LogP contribution in [0.2, 0.25) is 5.02 Å². The van der Waals surface area contributed by atoms with E-state index in [-0.39, 0.29) is 19.3 Å². The maximum absolute atomic E-state index is 12.8. The van der Waals surface area contributed by atoms with Crippen molar-refractivity contribution in [3.05, 3.63) is 46.5 Å². The SMILES string of the molecule is COc1cc(OC)cc(C(=O)N[C@@H](C(=O)OCc2cc(Cl)c3c(c2)OCO3)C(C)C)c1. The van der Waals surface area contributed by atoms with Crippen molar-refractivity contribution in [2.75, 3.05) is 21.0 Å². The number of carbonyl (C=O) groups excluding carboxylic acids is 2. The molecule has 1 N–H and O–H groups in total. The Labute approximate surface area is 185 Å². The molecular weight excluding hydrogens is 426 g/mol. The summed E-state index contributed by atoms with van der Waals surface area (Å²) >= 11 is 6.17. The lowest BCUT2D eigenvalue weighted by Gasteiger charge is -2.21. The van der Waals surface area contributed by atoms with Crippen LogP contribution in [0, 0.1) is 5.92 Å². The highest BCUT2D eigenvalue weighted by Gasteiger charge is 2.27. The van der Waals surface area contributed by atoms with Crippen molar-refractivity contribution in [3.8, 4) is 23.0 Å². The van der Waals surface area contributed by atoms with Gasteiger partial charge < -0.3 is 29.0 Å². The monoisotopic (exact) mass is 449 g/mol. The van der Waals surface area contributed by atoms with Crippen LogP contribution < -0.4 is 24.3 Å². The molecule has 166 valence electrons. The minimum atomic E-state index is -0.853. The van der Waals surface area contributed by atoms with E-state index in [0.717, 1.165) is 0 Å². The quantitative estimate of drug-likeness (QED) is 0.615. The highest BCUT2D eigenvalue weighted by Crippen LogP contribution is 2.39. The molecule has 8 nitrogen and oxygen atoms in total. The third-order valence-electron chi connectivity index (χ3n) is 4.69. The molecule has 3 rings (SSSR count). The number of amides is 1. The van der Waals surface area contributed by atoms with Crippen LogP contribution in [0.25, 0.3) is 0 Å². The number of benzene rings is 2. The molecule has 1 aliphatic heterocycles. The van der Waals surface area contributed by atoms with Crippen molar-refractivity contribution in [1.29, 1.82) is 0 Å². The van der Waals surface area contributed by atoms with E-state index >= 15 is 0 Å². The highest BCUT2D eigenvalue weighted by molar-refractivity contribution is 6.32. The van der Waals surface area contributed by atoms with E-state index in [2.05, 4.69) is 5.32 Å². The van der Waals surface area contributed by atoms with Crippen LogP contribution in [0.15, 0.2) is 30.3 Å². The van der Waals surface area contributed by atoms with Gasteiger partial charge in [0.1, 0.15) is 24.1 Å². The zero-order valence-electron chi connectivity index (χ0n) is 17.7. The van der Waals surface area contributed by atoms with Gasteiger partial charge in [-0.2, -0.15) is 0 Å². The van der Waals surface area contributed by atoms with E-state index in [1.165, 1.54) is 14.2 Å². The Morgan fingerprint density at radius 1 is 1.06 bits per heavy atom. The molecule has 0 unspecified atom stereocenters. The summed E-state index contributed by atoms with van der Waals surface area (Å²) in [6.45, 7) is 3.70. The lowest BCUT2D eigenvalue weighted by molar-refractivity contribution is -0.148. The summed E-state index contributed by atoms with van der Waals surface area (Å²) in [6, 6.07) is 7.28. The Hall–Kier alpha value is -3.13. The average molecular weight is 450 g/mol. The van der Waals surface area contributed by atoms with Gasteiger partial charge in [-0.15, -0.1) is 0 Å². The van der Waals surface area contributed by atoms with Crippen molar-refractivity contribution in [2.45, 2.75) is 26.5 Å². The number of rotatable bonds is 8. The van der Waals surface area contributed by atoms with Crippen LogP contribution in [-0.4, -0.2) is 38.9 Å². The molecule has 0 aliphatic carbocycles. The van der Waals surface area contributed by atoms with Crippen molar-refractivity contribution >= 4 is 23.5 Å². The largest absolute Gasteiger partial charge is 0.497 e. The molecule has 2 aromatic rings. The van der Waals surface area contributed by atoms with E-state index in [4.69, 9.17) is 35.3 Å². The summed E-state index contributed by atoms with van der Waals surface area (Å²) in [6.07, 6.45) is 0. The number of esters is 1. The molecule has 0 radical (unpaired) electrons. The fourth-order valence-corrected chi connectivity index (χ4v) is 3.30. The predicted molar refractivity (Wildman–Crippen MR) is 113 cm³/mol. The standard InChI is InChI=1S/C22H24ClNO7/c1-12(2)19(24-21(25)14-7-15(27-3)9-16(8-14)28-4)22(26)29-10-13-5-17(23)20-18(6-13)30-11-31-20/h5-9,12,19H,10-11H2,1-4H3,(H,24,25)/t19-/m1/s1. The number of fused-ring (bicyclic) bond motifs is 1. The molecular formula is C22H24ClNO7. The minimum absolute atomic E-state index is 0.0265. The third-order valence-corrected chi connectivity index (χ3v) is 4.97. The molecule has 1 heterocycles. The number of carbonyl (C=O) groups is 2. The molecule has 1 amide bonds. The van der Waals surface area contributed by atoms with Crippen LogP contribution >= 0.6 is 11.6 Å². The average Bonchev–Trinajstić information content (AvgIpc) is 3.24. The second-order valence-electron chi connectivity index (χ2n) is 7.22. The number of hydrogen-bond donors (Lipinski definition) is 1. The predicted octanol–water partition coefficient (Wildman–Crippen LogP) is 3.58. The molecule has 31 heavy (non-hydrogen) atoms. The van der Waals surface area contributed by atoms with Gasteiger partial charge in [-0.1, -0.05) is 25.4 Å². The second-order valence-corrected chi connectivity index (χ2v) is 7.62. The minimum Gasteiger partial charge on any atom is -0.497 e. The van der Waals surface area contributed by atoms with Crippen LogP contribution in [0.4, 0.5) is 0 Å². The van der Waals surface area contributed by atoms with Crippen LogP contribution in [-0.2, 0) is 16.1 Å². The first-order valence-corrected chi connectivity index (χ1v) is 9.98. The topological polar surface area (TPSA) is 92.3 Å². The fourth-order valence-electron chi connectivity index (χ4n) is 3.01. The molecule has 0 aromatic heterocycles. The normalized spacial score (nSPS) is 13.0. The number of nitrogens with one attached hydrogen (secondary N) is 1. The lowest BCUT2D eigenvalue weighted by atomic mass is 10.0. The summed E-state index contributed by atoms with van der Waals surface area (Å²) in [4.78, 5) is 25.5. The van der Waals surface area contributed by atoms with Gasteiger partial charge in [0.25, 0.3) is 5.91 Å². The maximum atomic E-state index is 12.8. The smallest absolute Gasteiger partial charge is 0.329 e. The van der Waals surface area contributed by atoms with Gasteiger partial charge >= 0.3 is 5.97 Å². The summed E-state index contributed by atoms with van der Waals surface area (Å²) in [7, 11) is 2.99. The molecule has 9 heteroatoms. The van der Waals surface area contributed by atoms with Gasteiger partial charge in [0.2, 0.25) is 6.79 Å². The van der Waals surface area contributed by atoms with Gasteiger partial charge in [0, 0.05) is 11.6 Å². The Kier molecular flexibility index (Phi) is 7.12. The summed E-state index contributed by atoms with van der Waals surface area (Å²) in [5.74, 6) is 0.688. The first kappa shape index (κ1) is 22.6. The van der Waals surface area contributed by atoms with E-state index in [1.54, 1.807) is 30.3 Å². The van der Waals surface area contributed by atoms with Crippen molar-refractivity contribution < 1.29 is 33.3 Å². The van der Waals surface area contributed by atoms with Crippen molar-refractivity contribution in [3.63, 3.8) is 0 Å². The van der Waals surface area contributed by atoms with Crippen molar-refractivity contribution in [1.82, 2.24) is 5.32 Å². The van der Waals surface area contributed by atoms with Crippen LogP contribution in [0.3, 0.4) is 0 Å². The van der Waals surface area contributed by atoms with Gasteiger partial charge in [0.15, 0.2) is 11.5 Å². The molecule has 0 fully saturated rings. The van der Waals surface area contributed by atoms with Crippen LogP contribution in [0.5, 0.6) is 23.0 Å². The van der Waals surface area contributed by atoms with E-state index in [0.29, 0.717) is 39.1 Å². The molecule has 2 aromatic carbocycles. The van der Waals surface area contributed by atoms with E-state index < -0.39 is 17.9 Å². The Bertz CT molecular complexity index is 954. The Morgan fingerprint density at radius 2 is 1.74 bits per heavy atom. The third kappa shape index (κ3) is 5.32. The Morgan fingerprint density at radius 3 is 2.35 bits per heavy atom. The fraction of sp³-hybridized carbons (Fsp3) is 0.364. The van der Waals surface area contributed by atoms with Crippen LogP contribution in [0.1, 0.15) is 29.8 Å². The summed E-state index contributed by atoms with van der Waals surface area (Å²) in [5.41, 5.74) is 0.950. The summed E-state index contributed by atoms with van der Waals surface area (Å²) < 4.78 is 26.4. The molecule has 1 aliphatic rings. The Balaban J connectivity index is 1.68. The lowest BCUT2D eigenvalue weighted by Crippen LogP contribution is -2.45. The molecule has 0 bridgehead atoms. The van der Waals surface area contributed by atoms with Gasteiger partial charge in [-0.3, -0.25) is 4.79 Å². The maximum Gasteiger partial charge on any atom is 0.329 e. The molecule has 0 saturated carbocycles. The van der Waals surface area contributed by atoms with Crippen molar-refractivity contribution in [2.24, 2.45) is 5.92 Å². The molecule has 0 saturated heterocycles.